The molecule has 0 rings (SSSR count). The van der Waals surface area contributed by atoms with E-state index in [0.717, 1.165) is 12.1 Å². The molecule has 0 aliphatic rings. The minimum Gasteiger partial charge on any atom is -0.169 e. The summed E-state index contributed by atoms with van der Waals surface area (Å²) in [6, 6.07) is 2.21. The fourth-order valence-corrected chi connectivity index (χ4v) is 9.04. The highest BCUT2D eigenvalue weighted by molar-refractivity contribution is 7.70. The second kappa shape index (κ2) is 3.61. The average Bonchev–Trinajstić information content (AvgIpc) is 1.88. The molecule has 10 heavy (non-hydrogen) atoms. The summed E-state index contributed by atoms with van der Waals surface area (Å²) in [4.78, 5) is 0. The van der Waals surface area contributed by atoms with Crippen LogP contribution in [0.1, 0.15) is 13.8 Å². The molecule has 0 saturated heterocycles. The van der Waals surface area contributed by atoms with Gasteiger partial charge >= 0.3 is 0 Å². The molecular weight excluding hydrogens is 199 g/mol. The lowest BCUT2D eigenvalue weighted by atomic mass is 11.0. The smallest absolute Gasteiger partial charge is 0.161 e. The molecule has 0 saturated carbocycles. The molecule has 2 atom stereocenters. The lowest BCUT2D eigenvalue weighted by Gasteiger charge is -2.30. The summed E-state index contributed by atoms with van der Waals surface area (Å²) in [6.07, 6.45) is 0. The van der Waals surface area contributed by atoms with Crippen molar-refractivity contribution in [2.45, 2.75) is 39.0 Å². The van der Waals surface area contributed by atoms with Gasteiger partial charge in [-0.25, -0.2) is 0 Å². The van der Waals surface area contributed by atoms with Gasteiger partial charge in [-0.05, 0) is 12.1 Å². The molecule has 4 heteroatoms. The van der Waals surface area contributed by atoms with Gasteiger partial charge in [-0.3, -0.25) is 0 Å². The highest BCUT2D eigenvalue weighted by Gasteiger charge is 2.43. The summed E-state index contributed by atoms with van der Waals surface area (Å²) >= 11 is 12.8. The van der Waals surface area contributed by atoms with Crippen molar-refractivity contribution in [1.82, 2.24) is 0 Å². The van der Waals surface area contributed by atoms with Gasteiger partial charge in [0.2, 0.25) is 0 Å². The number of rotatable bonds is 3. The Kier molecular flexibility index (Phi) is 3.98. The third kappa shape index (κ3) is 2.26. The zero-order valence-corrected chi connectivity index (χ0v) is 10.7. The summed E-state index contributed by atoms with van der Waals surface area (Å²) < 4.78 is 0. The van der Waals surface area contributed by atoms with Gasteiger partial charge in [0.05, 0.1) is 0 Å². The van der Waals surface area contributed by atoms with E-state index in [1.807, 2.05) is 0 Å². The van der Waals surface area contributed by atoms with Gasteiger partial charge in [-0.15, -0.1) is 0 Å². The molecule has 0 radical (unpaired) electrons. The number of hydrogen-bond acceptors (Lipinski definition) is 0. The van der Waals surface area contributed by atoms with Gasteiger partial charge in [0.15, 0.2) is 13.8 Å². The van der Waals surface area contributed by atoms with Crippen LogP contribution in [0.2, 0.25) is 25.2 Å². The molecule has 0 bridgehead atoms. The van der Waals surface area contributed by atoms with Crippen molar-refractivity contribution in [2.75, 3.05) is 0 Å². The fourth-order valence-electron chi connectivity index (χ4n) is 0.737. The third-order valence-corrected chi connectivity index (χ3v) is 25.9. The van der Waals surface area contributed by atoms with Crippen molar-refractivity contribution in [3.8, 4) is 0 Å². The van der Waals surface area contributed by atoms with E-state index in [-0.39, 0.29) is 0 Å². The molecule has 0 aromatic rings. The molecular formula is C6H16Cl2Si2. The molecule has 0 heterocycles. The van der Waals surface area contributed by atoms with E-state index in [4.69, 9.17) is 22.2 Å². The van der Waals surface area contributed by atoms with Crippen molar-refractivity contribution in [2.24, 2.45) is 0 Å². The molecule has 0 nitrogen and oxygen atoms in total. The molecule has 0 aliphatic heterocycles. The first kappa shape index (κ1) is 11.0. The largest absolute Gasteiger partial charge is 0.169 e. The minimum atomic E-state index is -1.53. The maximum atomic E-state index is 6.38. The Morgan fingerprint density at radius 1 is 0.900 bits per heavy atom. The Bertz CT molecular complexity index is 98.3. The van der Waals surface area contributed by atoms with Crippen LogP contribution in [0.5, 0.6) is 0 Å². The molecule has 0 aliphatic carbocycles. The first-order valence-electron chi connectivity index (χ1n) is 3.75. The topological polar surface area (TPSA) is 0 Å². The maximum absolute atomic E-state index is 6.38. The molecule has 0 aromatic carbocycles. The first-order chi connectivity index (χ1) is 4.37. The summed E-state index contributed by atoms with van der Waals surface area (Å²) in [6.45, 7) is 5.64. The molecule has 0 spiro atoms. The fraction of sp³-hybridized carbons (Fsp3) is 1.00. The predicted octanol–water partition coefficient (Wildman–Crippen LogP) is 3.73. The molecule has 0 N–H and O–H groups in total. The van der Waals surface area contributed by atoms with Gasteiger partial charge in [-0.2, -0.15) is 22.2 Å². The lowest BCUT2D eigenvalue weighted by Crippen LogP contribution is -2.49. The monoisotopic (exact) mass is 214 g/mol. The lowest BCUT2D eigenvalue weighted by molar-refractivity contribution is 1.38. The quantitative estimate of drug-likeness (QED) is 0.497. The Morgan fingerprint density at radius 2 is 1.10 bits per heavy atom. The van der Waals surface area contributed by atoms with Crippen LogP contribution in [-0.2, 0) is 0 Å². The van der Waals surface area contributed by atoms with Crippen LogP contribution in [0.25, 0.3) is 0 Å². The minimum absolute atomic E-state index is 1.11. The summed E-state index contributed by atoms with van der Waals surface area (Å²) in [7, 11) is 0. The van der Waals surface area contributed by atoms with E-state index in [1.54, 1.807) is 0 Å². The summed E-state index contributed by atoms with van der Waals surface area (Å²) in [5.41, 5.74) is 0. The van der Waals surface area contributed by atoms with Crippen LogP contribution in [0.4, 0.5) is 0 Å². The van der Waals surface area contributed by atoms with Crippen molar-refractivity contribution in [3.63, 3.8) is 0 Å². The van der Waals surface area contributed by atoms with Crippen molar-refractivity contribution in [3.05, 3.63) is 0 Å². The SMILES string of the molecule is CC[Si](C)(Cl)[Si](C)(Cl)CC. The Balaban J connectivity index is 4.28. The number of hydrogen-bond donors (Lipinski definition) is 0. The molecule has 62 valence electrons. The summed E-state index contributed by atoms with van der Waals surface area (Å²) in [5.74, 6) is 0. The van der Waals surface area contributed by atoms with Gasteiger partial charge in [0.25, 0.3) is 0 Å². The molecule has 0 amide bonds. The van der Waals surface area contributed by atoms with Crippen LogP contribution in [0.3, 0.4) is 0 Å². The van der Waals surface area contributed by atoms with Crippen molar-refractivity contribution >= 4 is 36.0 Å². The number of halogens is 2. The van der Waals surface area contributed by atoms with Crippen LogP contribution in [-0.4, -0.2) is 13.8 Å². The van der Waals surface area contributed by atoms with Crippen molar-refractivity contribution < 1.29 is 0 Å². The van der Waals surface area contributed by atoms with Gasteiger partial charge < -0.3 is 0 Å². The van der Waals surface area contributed by atoms with Crippen LogP contribution < -0.4 is 0 Å². The first-order valence-corrected chi connectivity index (χ1v) is 12.2. The highest BCUT2D eigenvalue weighted by atomic mass is 35.6. The molecule has 0 aromatic heterocycles. The van der Waals surface area contributed by atoms with Gasteiger partial charge in [0, 0.05) is 0 Å². The summed E-state index contributed by atoms with van der Waals surface area (Å²) in [5, 5.41) is 0. The average molecular weight is 215 g/mol. The van der Waals surface area contributed by atoms with E-state index in [0.29, 0.717) is 0 Å². The van der Waals surface area contributed by atoms with Gasteiger partial charge in [-0.1, -0.05) is 26.9 Å². The van der Waals surface area contributed by atoms with Gasteiger partial charge in [0.1, 0.15) is 0 Å². The normalized spacial score (nSPS) is 23.4. The zero-order valence-electron chi connectivity index (χ0n) is 7.17. The van der Waals surface area contributed by atoms with E-state index < -0.39 is 13.8 Å². The van der Waals surface area contributed by atoms with E-state index in [9.17, 15) is 0 Å². The van der Waals surface area contributed by atoms with Crippen LogP contribution >= 0.6 is 22.2 Å². The molecule has 0 fully saturated rings. The Hall–Kier alpha value is 1.01. The van der Waals surface area contributed by atoms with E-state index >= 15 is 0 Å². The maximum Gasteiger partial charge on any atom is 0.161 e. The highest BCUT2D eigenvalue weighted by Crippen LogP contribution is 2.32. The third-order valence-electron chi connectivity index (χ3n) is 2.41. The zero-order chi connectivity index (χ0) is 8.41. The Morgan fingerprint density at radius 3 is 1.20 bits per heavy atom. The van der Waals surface area contributed by atoms with Crippen molar-refractivity contribution in [1.29, 1.82) is 0 Å². The van der Waals surface area contributed by atoms with E-state index in [2.05, 4.69) is 26.9 Å². The van der Waals surface area contributed by atoms with E-state index in [1.165, 1.54) is 0 Å². The Labute approximate surface area is 75.1 Å². The van der Waals surface area contributed by atoms with Crippen LogP contribution in [0.15, 0.2) is 0 Å². The van der Waals surface area contributed by atoms with Crippen LogP contribution in [0, 0.1) is 0 Å². The standard InChI is InChI=1S/C6H16Cl2Si2/c1-5-9(3,7)10(4,8)6-2/h5-6H2,1-4H3. The molecule has 2 unspecified atom stereocenters. The second-order valence-corrected chi connectivity index (χ2v) is 22.8. The second-order valence-electron chi connectivity index (χ2n) is 3.10. The predicted molar refractivity (Wildman–Crippen MR) is 55.9 cm³/mol.